The number of ether oxygens (including phenoxy) is 1. The van der Waals surface area contributed by atoms with E-state index in [-0.39, 0.29) is 24.7 Å². The lowest BCUT2D eigenvalue weighted by molar-refractivity contribution is -0.148. The summed E-state index contributed by atoms with van der Waals surface area (Å²) >= 11 is 0. The fourth-order valence-electron chi connectivity index (χ4n) is 2.13. The fourth-order valence-corrected chi connectivity index (χ4v) is 2.13. The Morgan fingerprint density at radius 2 is 1.89 bits per heavy atom. The topological polar surface area (TPSA) is 82.1 Å². The molecule has 0 aromatic heterocycles. The van der Waals surface area contributed by atoms with E-state index in [0.717, 1.165) is 0 Å². The van der Waals surface area contributed by atoms with Crippen molar-refractivity contribution in [3.05, 3.63) is 0 Å². The molecule has 0 radical (unpaired) electrons. The highest BCUT2D eigenvalue weighted by molar-refractivity contribution is 5.77. The van der Waals surface area contributed by atoms with E-state index in [9.17, 15) is 9.59 Å². The molecule has 3 atom stereocenters. The number of piperazine rings is 1. The second-order valence-corrected chi connectivity index (χ2v) is 5.02. The Morgan fingerprint density at radius 3 is 2.32 bits per heavy atom. The van der Waals surface area contributed by atoms with Crippen LogP contribution in [0.2, 0.25) is 0 Å². The van der Waals surface area contributed by atoms with E-state index in [0.29, 0.717) is 13.1 Å². The van der Waals surface area contributed by atoms with E-state index in [4.69, 9.17) is 9.84 Å². The highest BCUT2D eigenvalue weighted by Crippen LogP contribution is 2.13. The Balaban J connectivity index is 2.48. The molecule has 2 amide bonds. The summed E-state index contributed by atoms with van der Waals surface area (Å²) in [5.74, 6) is -1.08. The number of aliphatic carboxylic acids is 1. The number of nitrogens with one attached hydrogen (secondary N) is 1. The van der Waals surface area contributed by atoms with Crippen molar-refractivity contribution in [2.75, 3.05) is 33.8 Å². The first-order valence-electron chi connectivity index (χ1n) is 6.37. The first kappa shape index (κ1) is 15.7. The smallest absolute Gasteiger partial charge is 0.334 e. The number of carbonyl (C=O) groups is 2. The number of amides is 2. The van der Waals surface area contributed by atoms with E-state index in [1.54, 1.807) is 4.90 Å². The van der Waals surface area contributed by atoms with Crippen molar-refractivity contribution in [1.29, 1.82) is 0 Å². The number of rotatable bonds is 4. The predicted octanol–water partition coefficient (Wildman–Crippen LogP) is -0.180. The quantitative estimate of drug-likeness (QED) is 0.742. The fraction of sp³-hybridized carbons (Fsp3) is 0.833. The third-order valence-electron chi connectivity index (χ3n) is 3.65. The van der Waals surface area contributed by atoms with Gasteiger partial charge in [0.15, 0.2) is 6.10 Å². The number of carbonyl (C=O) groups excluding carboxylic acids is 1. The largest absolute Gasteiger partial charge is 0.479 e. The van der Waals surface area contributed by atoms with Crippen molar-refractivity contribution in [3.8, 4) is 0 Å². The van der Waals surface area contributed by atoms with Gasteiger partial charge in [0.05, 0.1) is 6.54 Å². The van der Waals surface area contributed by atoms with Crippen molar-refractivity contribution in [3.63, 3.8) is 0 Å². The Bertz CT molecular complexity index is 325. The summed E-state index contributed by atoms with van der Waals surface area (Å²) in [5.41, 5.74) is 0. The number of likely N-dealkylation sites (N-methyl/N-ethyl adjacent to an activating group) is 1. The van der Waals surface area contributed by atoms with Gasteiger partial charge in [0.2, 0.25) is 0 Å². The summed E-state index contributed by atoms with van der Waals surface area (Å²) < 4.78 is 4.77. The summed E-state index contributed by atoms with van der Waals surface area (Å²) in [7, 11) is 3.35. The van der Waals surface area contributed by atoms with Crippen LogP contribution < -0.4 is 5.32 Å². The molecule has 19 heavy (non-hydrogen) atoms. The zero-order valence-corrected chi connectivity index (χ0v) is 11.9. The minimum absolute atomic E-state index is 0.0280. The molecule has 1 aliphatic heterocycles. The van der Waals surface area contributed by atoms with E-state index in [1.807, 2.05) is 7.05 Å². The zero-order valence-electron chi connectivity index (χ0n) is 11.9. The Hall–Kier alpha value is -1.34. The Labute approximate surface area is 113 Å². The number of methoxy groups -OCH3 is 1. The van der Waals surface area contributed by atoms with Gasteiger partial charge in [0.1, 0.15) is 0 Å². The molecule has 1 saturated heterocycles. The summed E-state index contributed by atoms with van der Waals surface area (Å²) in [5, 5.41) is 11.4. The van der Waals surface area contributed by atoms with Crippen molar-refractivity contribution in [2.45, 2.75) is 32.0 Å². The minimum Gasteiger partial charge on any atom is -0.479 e. The van der Waals surface area contributed by atoms with Crippen LogP contribution >= 0.6 is 0 Å². The second-order valence-electron chi connectivity index (χ2n) is 5.02. The van der Waals surface area contributed by atoms with Crippen LogP contribution in [0, 0.1) is 0 Å². The first-order chi connectivity index (χ1) is 8.86. The SMILES string of the molecule is COC(CNC(=O)N1CC(C)N(C)C(C)C1)C(=O)O. The van der Waals surface area contributed by atoms with Gasteiger partial charge in [0, 0.05) is 32.3 Å². The number of urea groups is 1. The van der Waals surface area contributed by atoms with E-state index in [1.165, 1.54) is 7.11 Å². The maximum atomic E-state index is 12.0. The van der Waals surface area contributed by atoms with Crippen LogP contribution in [0.15, 0.2) is 0 Å². The van der Waals surface area contributed by atoms with Crippen LogP contribution in [0.4, 0.5) is 4.79 Å². The molecule has 1 fully saturated rings. The summed E-state index contributed by atoms with van der Waals surface area (Å²) in [6, 6.07) is 0.328. The van der Waals surface area contributed by atoms with E-state index >= 15 is 0 Å². The summed E-state index contributed by atoms with van der Waals surface area (Å²) in [6.07, 6.45) is -1.01. The van der Waals surface area contributed by atoms with Crippen LogP contribution in [0.25, 0.3) is 0 Å². The average Bonchev–Trinajstić information content (AvgIpc) is 2.35. The number of carboxylic acids is 1. The maximum Gasteiger partial charge on any atom is 0.334 e. The molecule has 0 aromatic carbocycles. The highest BCUT2D eigenvalue weighted by Gasteiger charge is 2.29. The second kappa shape index (κ2) is 6.72. The highest BCUT2D eigenvalue weighted by atomic mass is 16.5. The van der Waals surface area contributed by atoms with Gasteiger partial charge in [0.25, 0.3) is 0 Å². The molecular formula is C12H23N3O4. The van der Waals surface area contributed by atoms with Gasteiger partial charge in [-0.3, -0.25) is 4.90 Å². The van der Waals surface area contributed by atoms with E-state index in [2.05, 4.69) is 24.1 Å². The molecule has 110 valence electrons. The van der Waals surface area contributed by atoms with Gasteiger partial charge in [-0.1, -0.05) is 0 Å². The zero-order chi connectivity index (χ0) is 14.6. The molecular weight excluding hydrogens is 250 g/mol. The standard InChI is InChI=1S/C12H23N3O4/c1-8-6-15(7-9(2)14(8)3)12(18)13-5-10(19-4)11(16)17/h8-10H,5-7H2,1-4H3,(H,13,18)(H,16,17). The third kappa shape index (κ3) is 4.07. The molecule has 0 aliphatic carbocycles. The minimum atomic E-state index is -1.08. The number of nitrogens with zero attached hydrogens (tertiary/aromatic N) is 2. The van der Waals surface area contributed by atoms with Gasteiger partial charge in [-0.25, -0.2) is 9.59 Å². The first-order valence-corrected chi connectivity index (χ1v) is 6.37. The van der Waals surface area contributed by atoms with E-state index < -0.39 is 12.1 Å². The monoisotopic (exact) mass is 273 g/mol. The molecule has 0 saturated carbocycles. The molecule has 1 rings (SSSR count). The average molecular weight is 273 g/mol. The third-order valence-corrected chi connectivity index (χ3v) is 3.65. The molecule has 2 N–H and O–H groups in total. The van der Waals surface area contributed by atoms with Crippen molar-refractivity contribution < 1.29 is 19.4 Å². The van der Waals surface area contributed by atoms with Crippen LogP contribution in [-0.2, 0) is 9.53 Å². The van der Waals surface area contributed by atoms with Crippen molar-refractivity contribution in [2.24, 2.45) is 0 Å². The molecule has 0 bridgehead atoms. The lowest BCUT2D eigenvalue weighted by Gasteiger charge is -2.42. The number of carboxylic acid groups (broad SMARTS) is 1. The molecule has 1 aliphatic rings. The van der Waals surface area contributed by atoms with Crippen molar-refractivity contribution in [1.82, 2.24) is 15.1 Å². The molecule has 7 nitrogen and oxygen atoms in total. The van der Waals surface area contributed by atoms with Gasteiger partial charge in [-0.05, 0) is 20.9 Å². The molecule has 0 spiro atoms. The maximum absolute atomic E-state index is 12.0. The molecule has 1 heterocycles. The normalized spacial score (nSPS) is 26.0. The predicted molar refractivity (Wildman–Crippen MR) is 70.1 cm³/mol. The number of hydrogen-bond donors (Lipinski definition) is 2. The van der Waals surface area contributed by atoms with Crippen molar-refractivity contribution >= 4 is 12.0 Å². The van der Waals surface area contributed by atoms with Gasteiger partial charge < -0.3 is 20.1 Å². The lowest BCUT2D eigenvalue weighted by atomic mass is 10.1. The molecule has 7 heteroatoms. The lowest BCUT2D eigenvalue weighted by Crippen LogP contribution is -2.58. The molecule has 3 unspecified atom stereocenters. The summed E-state index contributed by atoms with van der Waals surface area (Å²) in [4.78, 5) is 26.7. The van der Waals surface area contributed by atoms with Crippen LogP contribution in [0.1, 0.15) is 13.8 Å². The van der Waals surface area contributed by atoms with Crippen LogP contribution in [0.3, 0.4) is 0 Å². The van der Waals surface area contributed by atoms with Crippen LogP contribution in [-0.4, -0.2) is 78.9 Å². The number of hydrogen-bond acceptors (Lipinski definition) is 4. The van der Waals surface area contributed by atoms with Crippen LogP contribution in [0.5, 0.6) is 0 Å². The Kier molecular flexibility index (Phi) is 5.56. The summed E-state index contributed by atoms with van der Waals surface area (Å²) in [6.45, 7) is 5.37. The van der Waals surface area contributed by atoms with Gasteiger partial charge in [-0.2, -0.15) is 0 Å². The molecule has 0 aromatic rings. The van der Waals surface area contributed by atoms with Gasteiger partial charge in [-0.15, -0.1) is 0 Å². The van der Waals surface area contributed by atoms with Gasteiger partial charge >= 0.3 is 12.0 Å². The Morgan fingerprint density at radius 1 is 1.37 bits per heavy atom.